The minimum Gasteiger partial charge on any atom is -0.394 e. The highest BCUT2D eigenvalue weighted by atomic mass is 16.5. The minimum atomic E-state index is -0.912. The van der Waals surface area contributed by atoms with Crippen molar-refractivity contribution in [3.8, 4) is 0 Å². The number of aliphatic hydroxyl groups excluding tert-OH is 2. The first-order valence-corrected chi connectivity index (χ1v) is 6.94. The van der Waals surface area contributed by atoms with Gasteiger partial charge in [0.25, 0.3) is 5.56 Å². The third-order valence-corrected chi connectivity index (χ3v) is 3.51. The van der Waals surface area contributed by atoms with E-state index >= 15 is 0 Å². The predicted octanol–water partition coefficient (Wildman–Crippen LogP) is -0.829. The number of nitrogens with one attached hydrogen (secondary N) is 1. The Hall–Kier alpha value is -1.68. The van der Waals surface area contributed by atoms with Gasteiger partial charge in [-0.3, -0.25) is 19.6 Å². The summed E-state index contributed by atoms with van der Waals surface area (Å²) in [5, 5.41) is 29.7. The minimum absolute atomic E-state index is 0.0948. The van der Waals surface area contributed by atoms with Crippen molar-refractivity contribution in [1.29, 1.82) is 0 Å². The molecule has 4 N–H and O–H groups in total. The fraction of sp³-hybridized carbons (Fsp3) is 0.692. The first kappa shape index (κ1) is 16.7. The van der Waals surface area contributed by atoms with Crippen LogP contribution in [0.1, 0.15) is 33.4 Å². The second-order valence-electron chi connectivity index (χ2n) is 6.28. The van der Waals surface area contributed by atoms with Crippen molar-refractivity contribution in [2.24, 2.45) is 0 Å². The summed E-state index contributed by atoms with van der Waals surface area (Å²) in [5.74, 6) is 0. The molecule has 0 amide bonds. The molecular weight excluding hydrogens is 294 g/mol. The lowest BCUT2D eigenvalue weighted by Gasteiger charge is -2.30. The van der Waals surface area contributed by atoms with Crippen molar-refractivity contribution in [1.82, 2.24) is 9.55 Å². The molecule has 2 rings (SSSR count). The Morgan fingerprint density at radius 2 is 2.09 bits per heavy atom. The SMILES string of the molecule is CC(C)(C)N(O)c1cn([C@H]2C[C@H](O)[C@@H](CO)O2)c(=O)[nH]c1=O. The van der Waals surface area contributed by atoms with E-state index in [1.165, 1.54) is 6.20 Å². The average Bonchev–Trinajstić information content (AvgIpc) is 2.78. The standard InChI is InChI=1S/C13H21N3O6/c1-13(2,3)16(21)7-5-15(12(20)14-11(7)19)10-4-8(18)9(6-17)22-10/h5,8-10,17-18,21H,4,6H2,1-3H3,(H,14,19,20)/t8-,9+,10+/m0/s1. The van der Waals surface area contributed by atoms with Gasteiger partial charge in [0.05, 0.1) is 18.2 Å². The fourth-order valence-electron chi connectivity index (χ4n) is 2.25. The summed E-state index contributed by atoms with van der Waals surface area (Å²) < 4.78 is 6.48. The summed E-state index contributed by atoms with van der Waals surface area (Å²) >= 11 is 0. The monoisotopic (exact) mass is 315 g/mol. The molecule has 2 heterocycles. The number of hydrogen-bond donors (Lipinski definition) is 4. The van der Waals surface area contributed by atoms with Crippen LogP contribution in [0.2, 0.25) is 0 Å². The summed E-state index contributed by atoms with van der Waals surface area (Å²) in [4.78, 5) is 25.9. The normalized spacial score (nSPS) is 25.5. The number of aromatic amines is 1. The molecule has 1 fully saturated rings. The fourth-order valence-corrected chi connectivity index (χ4v) is 2.25. The van der Waals surface area contributed by atoms with Gasteiger partial charge in [-0.25, -0.2) is 9.86 Å². The zero-order valence-corrected chi connectivity index (χ0v) is 12.7. The van der Waals surface area contributed by atoms with Crippen LogP contribution in [0.3, 0.4) is 0 Å². The molecule has 0 aliphatic carbocycles. The molecule has 0 unspecified atom stereocenters. The molecule has 1 aromatic rings. The molecule has 1 saturated heterocycles. The quantitative estimate of drug-likeness (QED) is 0.536. The van der Waals surface area contributed by atoms with Gasteiger partial charge in [-0.2, -0.15) is 0 Å². The molecule has 9 heteroatoms. The van der Waals surface area contributed by atoms with Crippen molar-refractivity contribution in [2.45, 2.75) is 51.2 Å². The first-order chi connectivity index (χ1) is 10.1. The summed E-state index contributed by atoms with van der Waals surface area (Å²) in [5.41, 5.74) is -2.31. The van der Waals surface area contributed by atoms with Crippen LogP contribution in [0, 0.1) is 0 Å². The number of ether oxygens (including phenoxy) is 1. The van der Waals surface area contributed by atoms with E-state index < -0.39 is 35.2 Å². The van der Waals surface area contributed by atoms with Gasteiger partial charge in [-0.1, -0.05) is 0 Å². The molecule has 0 radical (unpaired) electrons. The lowest BCUT2D eigenvalue weighted by Crippen LogP contribution is -2.44. The first-order valence-electron chi connectivity index (χ1n) is 6.94. The Morgan fingerprint density at radius 1 is 1.45 bits per heavy atom. The smallest absolute Gasteiger partial charge is 0.330 e. The number of hydrogen-bond acceptors (Lipinski definition) is 7. The Morgan fingerprint density at radius 3 is 2.59 bits per heavy atom. The van der Waals surface area contributed by atoms with E-state index in [1.807, 2.05) is 0 Å². The van der Waals surface area contributed by atoms with Crippen molar-refractivity contribution in [3.63, 3.8) is 0 Å². The number of H-pyrrole nitrogens is 1. The highest BCUT2D eigenvalue weighted by molar-refractivity contribution is 5.40. The van der Waals surface area contributed by atoms with Gasteiger partial charge in [0, 0.05) is 12.6 Å². The molecule has 0 saturated carbocycles. The highest BCUT2D eigenvalue weighted by Gasteiger charge is 2.35. The maximum absolute atomic E-state index is 11.9. The number of aliphatic hydroxyl groups is 2. The second-order valence-corrected chi connectivity index (χ2v) is 6.28. The molecule has 0 bridgehead atoms. The summed E-state index contributed by atoms with van der Waals surface area (Å²) in [6.07, 6.45) is -1.25. The topological polar surface area (TPSA) is 128 Å². The number of anilines is 1. The van der Waals surface area contributed by atoms with Crippen LogP contribution in [0.5, 0.6) is 0 Å². The number of nitrogens with zero attached hydrogens (tertiary/aromatic N) is 2. The van der Waals surface area contributed by atoms with Crippen molar-refractivity contribution < 1.29 is 20.2 Å². The molecule has 0 spiro atoms. The van der Waals surface area contributed by atoms with Gasteiger partial charge >= 0.3 is 5.69 Å². The van der Waals surface area contributed by atoms with Crippen LogP contribution in [-0.2, 0) is 4.74 Å². The summed E-state index contributed by atoms with van der Waals surface area (Å²) in [6.45, 7) is 4.70. The number of hydroxylamine groups is 1. The van der Waals surface area contributed by atoms with Crippen LogP contribution in [0.25, 0.3) is 0 Å². The largest absolute Gasteiger partial charge is 0.394 e. The molecule has 0 aromatic carbocycles. The van der Waals surface area contributed by atoms with E-state index in [2.05, 4.69) is 4.98 Å². The van der Waals surface area contributed by atoms with Crippen LogP contribution in [0.4, 0.5) is 5.69 Å². The molecule has 22 heavy (non-hydrogen) atoms. The van der Waals surface area contributed by atoms with Gasteiger partial charge in [-0.15, -0.1) is 0 Å². The summed E-state index contributed by atoms with van der Waals surface area (Å²) in [7, 11) is 0. The van der Waals surface area contributed by atoms with Gasteiger partial charge in [0.1, 0.15) is 18.0 Å². The Labute approximate surface area is 126 Å². The van der Waals surface area contributed by atoms with Gasteiger partial charge in [-0.05, 0) is 20.8 Å². The maximum Gasteiger partial charge on any atom is 0.330 e. The van der Waals surface area contributed by atoms with Crippen LogP contribution >= 0.6 is 0 Å². The lowest BCUT2D eigenvalue weighted by atomic mass is 10.1. The molecule has 124 valence electrons. The van der Waals surface area contributed by atoms with E-state index in [4.69, 9.17) is 9.84 Å². The van der Waals surface area contributed by atoms with Gasteiger partial charge in [0.2, 0.25) is 0 Å². The van der Waals surface area contributed by atoms with E-state index in [9.17, 15) is 19.9 Å². The highest BCUT2D eigenvalue weighted by Crippen LogP contribution is 2.28. The zero-order valence-electron chi connectivity index (χ0n) is 12.7. The van der Waals surface area contributed by atoms with E-state index in [-0.39, 0.29) is 18.7 Å². The summed E-state index contributed by atoms with van der Waals surface area (Å²) in [6, 6.07) is 0. The Balaban J connectivity index is 2.42. The maximum atomic E-state index is 11.9. The van der Waals surface area contributed by atoms with Crippen LogP contribution < -0.4 is 16.3 Å². The van der Waals surface area contributed by atoms with E-state index in [0.717, 1.165) is 9.63 Å². The third-order valence-electron chi connectivity index (χ3n) is 3.51. The van der Waals surface area contributed by atoms with Crippen molar-refractivity contribution in [2.75, 3.05) is 11.7 Å². The zero-order chi connectivity index (χ0) is 16.7. The molecule has 1 aliphatic heterocycles. The molecule has 1 aromatic heterocycles. The van der Waals surface area contributed by atoms with Crippen LogP contribution in [0.15, 0.2) is 15.8 Å². The molecule has 3 atom stereocenters. The second kappa shape index (κ2) is 5.84. The van der Waals surface area contributed by atoms with Crippen LogP contribution in [-0.4, -0.2) is 49.3 Å². The number of rotatable bonds is 3. The van der Waals surface area contributed by atoms with E-state index in [1.54, 1.807) is 20.8 Å². The van der Waals surface area contributed by atoms with Crippen molar-refractivity contribution >= 4 is 5.69 Å². The lowest BCUT2D eigenvalue weighted by molar-refractivity contribution is -0.0459. The Kier molecular flexibility index (Phi) is 4.43. The number of aromatic nitrogens is 2. The predicted molar refractivity (Wildman–Crippen MR) is 77.0 cm³/mol. The average molecular weight is 315 g/mol. The molecule has 9 nitrogen and oxygen atoms in total. The third kappa shape index (κ3) is 3.07. The van der Waals surface area contributed by atoms with Crippen molar-refractivity contribution in [3.05, 3.63) is 27.0 Å². The Bertz CT molecular complexity index is 646. The van der Waals surface area contributed by atoms with Gasteiger partial charge < -0.3 is 14.9 Å². The molecule has 1 aliphatic rings. The van der Waals surface area contributed by atoms with E-state index in [0.29, 0.717) is 0 Å². The molecular formula is C13H21N3O6. The van der Waals surface area contributed by atoms with Gasteiger partial charge in [0.15, 0.2) is 0 Å².